The number of nitrogens with zero attached hydrogens (tertiary/aromatic N) is 2. The molecule has 0 saturated carbocycles. The van der Waals surface area contributed by atoms with Gasteiger partial charge in [-0.2, -0.15) is 0 Å². The average Bonchev–Trinajstić information content (AvgIpc) is 2.95. The van der Waals surface area contributed by atoms with Gasteiger partial charge in [-0.05, 0) is 18.9 Å². The largest absolute Gasteiger partial charge is 0.369 e. The molecule has 1 N–H and O–H groups in total. The molecule has 1 aliphatic rings. The normalized spacial score (nSPS) is 19.1. The SMILES string of the molecule is Cc1cccc(CCn2cncc2C2CNCCO2)c1. The van der Waals surface area contributed by atoms with E-state index in [1.165, 1.54) is 16.8 Å². The van der Waals surface area contributed by atoms with Gasteiger partial charge in [-0.3, -0.25) is 0 Å². The van der Waals surface area contributed by atoms with E-state index in [4.69, 9.17) is 4.74 Å². The summed E-state index contributed by atoms with van der Waals surface area (Å²) < 4.78 is 8.02. The molecule has 1 aromatic carbocycles. The number of imidazole rings is 1. The lowest BCUT2D eigenvalue weighted by molar-refractivity contribution is 0.0228. The maximum absolute atomic E-state index is 5.81. The molecule has 1 saturated heterocycles. The number of ether oxygens (including phenoxy) is 1. The van der Waals surface area contributed by atoms with Crippen molar-refractivity contribution in [2.75, 3.05) is 19.7 Å². The van der Waals surface area contributed by atoms with Crippen molar-refractivity contribution in [3.63, 3.8) is 0 Å². The third kappa shape index (κ3) is 3.08. The Morgan fingerprint density at radius 1 is 1.45 bits per heavy atom. The van der Waals surface area contributed by atoms with Gasteiger partial charge in [0.2, 0.25) is 0 Å². The highest BCUT2D eigenvalue weighted by Gasteiger charge is 2.19. The maximum atomic E-state index is 5.81. The molecule has 1 fully saturated rings. The van der Waals surface area contributed by atoms with Gasteiger partial charge in [0.15, 0.2) is 0 Å². The molecule has 0 spiro atoms. The fraction of sp³-hybridized carbons (Fsp3) is 0.438. The summed E-state index contributed by atoms with van der Waals surface area (Å²) in [4.78, 5) is 4.28. The summed E-state index contributed by atoms with van der Waals surface area (Å²) in [6, 6.07) is 8.68. The van der Waals surface area contributed by atoms with Crippen LogP contribution in [0.3, 0.4) is 0 Å². The second-order valence-electron chi connectivity index (χ2n) is 5.31. The Hall–Kier alpha value is -1.65. The van der Waals surface area contributed by atoms with Crippen LogP contribution in [0.25, 0.3) is 0 Å². The third-order valence-electron chi connectivity index (χ3n) is 3.73. The standard InChI is InChI=1S/C16H21N3O/c1-13-3-2-4-14(9-13)5-7-19-12-18-10-15(19)16-11-17-6-8-20-16/h2-4,9-10,12,16-17H,5-8,11H2,1H3. The number of aromatic nitrogens is 2. The molecule has 106 valence electrons. The van der Waals surface area contributed by atoms with E-state index in [0.29, 0.717) is 0 Å². The Morgan fingerprint density at radius 2 is 2.40 bits per heavy atom. The van der Waals surface area contributed by atoms with Gasteiger partial charge in [-0.25, -0.2) is 4.98 Å². The van der Waals surface area contributed by atoms with E-state index < -0.39 is 0 Å². The van der Waals surface area contributed by atoms with Gasteiger partial charge < -0.3 is 14.6 Å². The van der Waals surface area contributed by atoms with Crippen molar-refractivity contribution in [1.29, 1.82) is 0 Å². The molecule has 4 heteroatoms. The highest BCUT2D eigenvalue weighted by Crippen LogP contribution is 2.18. The van der Waals surface area contributed by atoms with Gasteiger partial charge >= 0.3 is 0 Å². The predicted octanol–water partition coefficient (Wildman–Crippen LogP) is 2.10. The van der Waals surface area contributed by atoms with Crippen molar-refractivity contribution in [1.82, 2.24) is 14.9 Å². The molecule has 0 radical (unpaired) electrons. The van der Waals surface area contributed by atoms with Crippen LogP contribution in [-0.4, -0.2) is 29.2 Å². The molecule has 0 aliphatic carbocycles. The first-order valence-corrected chi connectivity index (χ1v) is 7.21. The minimum atomic E-state index is 0.128. The van der Waals surface area contributed by atoms with E-state index in [-0.39, 0.29) is 6.10 Å². The highest BCUT2D eigenvalue weighted by atomic mass is 16.5. The van der Waals surface area contributed by atoms with Crippen molar-refractivity contribution in [3.05, 3.63) is 53.6 Å². The number of benzene rings is 1. The minimum Gasteiger partial charge on any atom is -0.369 e. The van der Waals surface area contributed by atoms with Crippen molar-refractivity contribution < 1.29 is 4.74 Å². The maximum Gasteiger partial charge on any atom is 0.111 e. The molecule has 1 unspecified atom stereocenters. The Morgan fingerprint density at radius 3 is 3.20 bits per heavy atom. The van der Waals surface area contributed by atoms with Gasteiger partial charge in [-0.1, -0.05) is 29.8 Å². The lowest BCUT2D eigenvalue weighted by atomic mass is 10.1. The Kier molecular flexibility index (Phi) is 4.14. The number of nitrogens with one attached hydrogen (secondary N) is 1. The van der Waals surface area contributed by atoms with Crippen LogP contribution in [0.15, 0.2) is 36.8 Å². The Balaban J connectivity index is 1.67. The quantitative estimate of drug-likeness (QED) is 0.925. The zero-order valence-corrected chi connectivity index (χ0v) is 11.9. The molecule has 20 heavy (non-hydrogen) atoms. The summed E-state index contributed by atoms with van der Waals surface area (Å²) in [6.07, 6.45) is 4.98. The fourth-order valence-electron chi connectivity index (χ4n) is 2.66. The van der Waals surface area contributed by atoms with Gasteiger partial charge in [0, 0.05) is 19.6 Å². The first-order chi connectivity index (χ1) is 9.83. The summed E-state index contributed by atoms with van der Waals surface area (Å²) >= 11 is 0. The van der Waals surface area contributed by atoms with Crippen molar-refractivity contribution in [3.8, 4) is 0 Å². The summed E-state index contributed by atoms with van der Waals surface area (Å²) in [5, 5.41) is 3.37. The van der Waals surface area contributed by atoms with Crippen LogP contribution in [0.1, 0.15) is 22.9 Å². The second kappa shape index (κ2) is 6.20. The zero-order chi connectivity index (χ0) is 13.8. The molecule has 2 heterocycles. The number of morpholine rings is 1. The van der Waals surface area contributed by atoms with Crippen LogP contribution in [-0.2, 0) is 17.7 Å². The summed E-state index contributed by atoms with van der Waals surface area (Å²) in [5.74, 6) is 0. The number of hydrogen-bond acceptors (Lipinski definition) is 3. The van der Waals surface area contributed by atoms with Crippen molar-refractivity contribution in [2.24, 2.45) is 0 Å². The molecule has 2 aromatic rings. The van der Waals surface area contributed by atoms with Crippen LogP contribution >= 0.6 is 0 Å². The van der Waals surface area contributed by atoms with Gasteiger partial charge in [0.05, 0.1) is 24.8 Å². The van der Waals surface area contributed by atoms with Crippen molar-refractivity contribution in [2.45, 2.75) is 26.0 Å². The lowest BCUT2D eigenvalue weighted by Gasteiger charge is -2.24. The fourth-order valence-corrected chi connectivity index (χ4v) is 2.66. The van der Waals surface area contributed by atoms with Gasteiger partial charge in [0.1, 0.15) is 6.10 Å². The predicted molar refractivity (Wildman–Crippen MR) is 78.7 cm³/mol. The molecule has 0 amide bonds. The first-order valence-electron chi connectivity index (χ1n) is 7.21. The van der Waals surface area contributed by atoms with Crippen LogP contribution < -0.4 is 5.32 Å². The van der Waals surface area contributed by atoms with E-state index in [0.717, 1.165) is 32.7 Å². The van der Waals surface area contributed by atoms with Crippen LogP contribution in [0.2, 0.25) is 0 Å². The van der Waals surface area contributed by atoms with Crippen molar-refractivity contribution >= 4 is 0 Å². The topological polar surface area (TPSA) is 39.1 Å². The van der Waals surface area contributed by atoms with Gasteiger partial charge in [0.25, 0.3) is 0 Å². The minimum absolute atomic E-state index is 0.128. The first kappa shape index (κ1) is 13.3. The zero-order valence-electron chi connectivity index (χ0n) is 11.9. The molecular weight excluding hydrogens is 250 g/mol. The molecule has 4 nitrogen and oxygen atoms in total. The van der Waals surface area contributed by atoms with Crippen LogP contribution in [0.5, 0.6) is 0 Å². The van der Waals surface area contributed by atoms with E-state index in [1.54, 1.807) is 0 Å². The molecule has 1 aliphatic heterocycles. The van der Waals surface area contributed by atoms with Crippen LogP contribution in [0, 0.1) is 6.92 Å². The molecule has 1 aromatic heterocycles. The van der Waals surface area contributed by atoms with E-state index in [9.17, 15) is 0 Å². The molecular formula is C16H21N3O. The highest BCUT2D eigenvalue weighted by molar-refractivity contribution is 5.22. The molecule has 1 atom stereocenters. The van der Waals surface area contributed by atoms with E-state index in [2.05, 4.69) is 46.1 Å². The van der Waals surface area contributed by atoms with E-state index in [1.807, 2.05) is 12.5 Å². The summed E-state index contributed by atoms with van der Waals surface area (Å²) in [7, 11) is 0. The van der Waals surface area contributed by atoms with Crippen LogP contribution in [0.4, 0.5) is 0 Å². The smallest absolute Gasteiger partial charge is 0.111 e. The third-order valence-corrected chi connectivity index (χ3v) is 3.73. The van der Waals surface area contributed by atoms with Gasteiger partial charge in [-0.15, -0.1) is 0 Å². The number of aryl methyl sites for hydroxylation is 3. The Labute approximate surface area is 119 Å². The second-order valence-corrected chi connectivity index (χ2v) is 5.31. The number of rotatable bonds is 4. The Bertz CT molecular complexity index is 558. The summed E-state index contributed by atoms with van der Waals surface area (Å²) in [5.41, 5.74) is 3.85. The van der Waals surface area contributed by atoms with E-state index >= 15 is 0 Å². The summed E-state index contributed by atoms with van der Waals surface area (Å²) in [6.45, 7) is 5.66. The lowest BCUT2D eigenvalue weighted by Crippen LogP contribution is -2.34. The average molecular weight is 271 g/mol. The molecule has 3 rings (SSSR count). The number of hydrogen-bond donors (Lipinski definition) is 1. The monoisotopic (exact) mass is 271 g/mol. The molecule has 0 bridgehead atoms.